The number of hydrogen-bond donors (Lipinski definition) is 1. The molecule has 29 heavy (non-hydrogen) atoms. The number of hydrogen-bond acceptors (Lipinski definition) is 4. The molecular formula is C24H21NO4. The third-order valence-electron chi connectivity index (χ3n) is 5.02. The predicted molar refractivity (Wildman–Crippen MR) is 115 cm³/mol. The Kier molecular flexibility index (Phi) is 4.80. The average molecular weight is 387 g/mol. The summed E-state index contributed by atoms with van der Waals surface area (Å²) >= 11 is 0. The van der Waals surface area contributed by atoms with Crippen LogP contribution in [0.4, 0.5) is 5.69 Å². The minimum Gasteiger partial charge on any atom is -0.483 e. The lowest BCUT2D eigenvalue weighted by atomic mass is 10.1. The van der Waals surface area contributed by atoms with Crippen molar-refractivity contribution in [3.63, 3.8) is 0 Å². The number of aryl methyl sites for hydroxylation is 3. The summed E-state index contributed by atoms with van der Waals surface area (Å²) in [7, 11) is 0. The SMILES string of the molecule is Cc1cc2oc3cc(NC(=O)COc4ccccc4C)ccc3c(=O)c2cc1C. The number of carbonyl (C=O) groups is 1. The van der Waals surface area contributed by atoms with Crippen LogP contribution >= 0.6 is 0 Å². The molecule has 0 atom stereocenters. The molecule has 3 aromatic carbocycles. The van der Waals surface area contributed by atoms with E-state index in [0.717, 1.165) is 16.7 Å². The van der Waals surface area contributed by atoms with Crippen LogP contribution in [0.3, 0.4) is 0 Å². The molecule has 0 fully saturated rings. The summed E-state index contributed by atoms with van der Waals surface area (Å²) in [4.78, 5) is 25.1. The van der Waals surface area contributed by atoms with E-state index in [9.17, 15) is 9.59 Å². The second-order valence-corrected chi connectivity index (χ2v) is 7.18. The third-order valence-corrected chi connectivity index (χ3v) is 5.02. The lowest BCUT2D eigenvalue weighted by Gasteiger charge is -2.10. The highest BCUT2D eigenvalue weighted by Crippen LogP contribution is 2.24. The molecule has 1 aromatic heterocycles. The molecule has 0 aliphatic rings. The summed E-state index contributed by atoms with van der Waals surface area (Å²) in [5.74, 6) is 0.381. The van der Waals surface area contributed by atoms with Gasteiger partial charge in [0.15, 0.2) is 6.61 Å². The first kappa shape index (κ1) is 18.7. The average Bonchev–Trinajstić information content (AvgIpc) is 2.69. The van der Waals surface area contributed by atoms with Crippen LogP contribution in [0.25, 0.3) is 21.9 Å². The van der Waals surface area contributed by atoms with Gasteiger partial charge in [0, 0.05) is 11.8 Å². The van der Waals surface area contributed by atoms with Crippen molar-refractivity contribution >= 4 is 33.5 Å². The summed E-state index contributed by atoms with van der Waals surface area (Å²) < 4.78 is 11.5. The monoisotopic (exact) mass is 387 g/mol. The summed E-state index contributed by atoms with van der Waals surface area (Å²) in [6.07, 6.45) is 0. The van der Waals surface area contributed by atoms with Crippen molar-refractivity contribution in [2.45, 2.75) is 20.8 Å². The molecule has 0 spiro atoms. The Morgan fingerprint density at radius 1 is 0.897 bits per heavy atom. The van der Waals surface area contributed by atoms with Gasteiger partial charge >= 0.3 is 0 Å². The molecule has 0 aliphatic heterocycles. The predicted octanol–water partition coefficient (Wildman–Crippen LogP) is 4.89. The van der Waals surface area contributed by atoms with Crippen LogP contribution in [0, 0.1) is 20.8 Å². The molecule has 146 valence electrons. The van der Waals surface area contributed by atoms with Gasteiger partial charge in [-0.1, -0.05) is 18.2 Å². The maximum atomic E-state index is 12.8. The minimum absolute atomic E-state index is 0.0786. The second kappa shape index (κ2) is 7.43. The molecule has 0 saturated heterocycles. The van der Waals surface area contributed by atoms with Crippen LogP contribution in [0.5, 0.6) is 5.75 Å². The van der Waals surface area contributed by atoms with Gasteiger partial charge in [-0.3, -0.25) is 9.59 Å². The first-order valence-corrected chi connectivity index (χ1v) is 9.38. The van der Waals surface area contributed by atoms with Gasteiger partial charge in [0.1, 0.15) is 16.9 Å². The third kappa shape index (κ3) is 3.72. The van der Waals surface area contributed by atoms with Gasteiger partial charge in [0.2, 0.25) is 5.43 Å². The van der Waals surface area contributed by atoms with Gasteiger partial charge in [0.25, 0.3) is 5.91 Å². The van der Waals surface area contributed by atoms with E-state index in [1.807, 2.05) is 57.2 Å². The quantitative estimate of drug-likeness (QED) is 0.506. The van der Waals surface area contributed by atoms with Crippen molar-refractivity contribution in [2.24, 2.45) is 0 Å². The Labute approximate surface area is 167 Å². The van der Waals surface area contributed by atoms with E-state index < -0.39 is 0 Å². The van der Waals surface area contributed by atoms with E-state index in [4.69, 9.17) is 9.15 Å². The van der Waals surface area contributed by atoms with Crippen molar-refractivity contribution < 1.29 is 13.9 Å². The fourth-order valence-electron chi connectivity index (χ4n) is 3.25. The highest BCUT2D eigenvalue weighted by molar-refractivity contribution is 5.96. The number of benzene rings is 3. The molecule has 0 unspecified atom stereocenters. The Morgan fingerprint density at radius 3 is 2.41 bits per heavy atom. The van der Waals surface area contributed by atoms with E-state index >= 15 is 0 Å². The lowest BCUT2D eigenvalue weighted by Crippen LogP contribution is -2.20. The van der Waals surface area contributed by atoms with Gasteiger partial charge in [0.05, 0.1) is 10.8 Å². The number of carbonyl (C=O) groups excluding carboxylic acids is 1. The number of ether oxygens (including phenoxy) is 1. The molecule has 5 nitrogen and oxygen atoms in total. The van der Waals surface area contributed by atoms with Crippen molar-refractivity contribution in [1.29, 1.82) is 0 Å². The van der Waals surface area contributed by atoms with E-state index in [2.05, 4.69) is 5.32 Å². The van der Waals surface area contributed by atoms with Gasteiger partial charge in [-0.15, -0.1) is 0 Å². The number of rotatable bonds is 4. The molecule has 5 heteroatoms. The summed E-state index contributed by atoms with van der Waals surface area (Å²) in [5.41, 5.74) is 4.50. The summed E-state index contributed by atoms with van der Waals surface area (Å²) in [6.45, 7) is 5.76. The molecule has 1 amide bonds. The van der Waals surface area contributed by atoms with Crippen LogP contribution in [0.15, 0.2) is 63.8 Å². The van der Waals surface area contributed by atoms with Crippen molar-refractivity contribution in [3.8, 4) is 5.75 Å². The first-order chi connectivity index (χ1) is 13.9. The summed E-state index contributed by atoms with van der Waals surface area (Å²) in [6, 6.07) is 16.3. The fraction of sp³-hybridized carbons (Fsp3) is 0.167. The number of anilines is 1. The Hall–Kier alpha value is -3.60. The zero-order chi connectivity index (χ0) is 20.5. The molecule has 1 heterocycles. The molecule has 4 rings (SSSR count). The topological polar surface area (TPSA) is 68.5 Å². The number of fused-ring (bicyclic) bond motifs is 2. The van der Waals surface area contributed by atoms with Crippen LogP contribution in [0.2, 0.25) is 0 Å². The van der Waals surface area contributed by atoms with E-state index in [-0.39, 0.29) is 17.9 Å². The van der Waals surface area contributed by atoms with Crippen LogP contribution in [-0.4, -0.2) is 12.5 Å². The van der Waals surface area contributed by atoms with Crippen molar-refractivity contribution in [3.05, 3.63) is 81.5 Å². The van der Waals surface area contributed by atoms with E-state index in [1.54, 1.807) is 18.2 Å². The van der Waals surface area contributed by atoms with Crippen LogP contribution in [-0.2, 0) is 4.79 Å². The largest absolute Gasteiger partial charge is 0.483 e. The molecule has 0 aliphatic carbocycles. The van der Waals surface area contributed by atoms with E-state index in [1.165, 1.54) is 0 Å². The summed E-state index contributed by atoms with van der Waals surface area (Å²) in [5, 5.41) is 3.83. The van der Waals surface area contributed by atoms with Gasteiger partial charge in [-0.05, 0) is 67.8 Å². The maximum Gasteiger partial charge on any atom is 0.262 e. The van der Waals surface area contributed by atoms with Gasteiger partial charge in [-0.25, -0.2) is 0 Å². The zero-order valence-corrected chi connectivity index (χ0v) is 16.5. The fourth-order valence-corrected chi connectivity index (χ4v) is 3.25. The number of amides is 1. The Bertz CT molecular complexity index is 1300. The standard InChI is InChI=1S/C24H21NO4/c1-14-6-4-5-7-20(14)28-13-23(26)25-17-8-9-18-22(12-17)29-21-11-16(3)15(2)10-19(21)24(18)27/h4-12H,13H2,1-3H3,(H,25,26). The Balaban J connectivity index is 1.59. The number of para-hydroxylation sites is 1. The lowest BCUT2D eigenvalue weighted by molar-refractivity contribution is -0.118. The molecule has 4 aromatic rings. The Morgan fingerprint density at radius 2 is 1.62 bits per heavy atom. The smallest absolute Gasteiger partial charge is 0.262 e. The van der Waals surface area contributed by atoms with Gasteiger partial charge < -0.3 is 14.5 Å². The maximum absolute atomic E-state index is 12.8. The molecule has 0 saturated carbocycles. The minimum atomic E-state index is -0.290. The van der Waals surface area contributed by atoms with Gasteiger partial charge in [-0.2, -0.15) is 0 Å². The normalized spacial score (nSPS) is 11.0. The highest BCUT2D eigenvalue weighted by atomic mass is 16.5. The zero-order valence-electron chi connectivity index (χ0n) is 16.5. The second-order valence-electron chi connectivity index (χ2n) is 7.18. The highest BCUT2D eigenvalue weighted by Gasteiger charge is 2.11. The molecular weight excluding hydrogens is 366 g/mol. The molecule has 0 bridgehead atoms. The molecule has 0 radical (unpaired) electrons. The van der Waals surface area contributed by atoms with E-state index in [0.29, 0.717) is 33.4 Å². The van der Waals surface area contributed by atoms with Crippen molar-refractivity contribution in [1.82, 2.24) is 0 Å². The van der Waals surface area contributed by atoms with Crippen molar-refractivity contribution in [2.75, 3.05) is 11.9 Å². The van der Waals surface area contributed by atoms with Crippen LogP contribution < -0.4 is 15.5 Å². The molecule has 1 N–H and O–H groups in total. The first-order valence-electron chi connectivity index (χ1n) is 9.38. The number of nitrogens with one attached hydrogen (secondary N) is 1. The van der Waals surface area contributed by atoms with Crippen LogP contribution in [0.1, 0.15) is 16.7 Å².